The molecule has 6 aromatic rings. The first-order valence-corrected chi connectivity index (χ1v) is 15.3. The number of rotatable bonds is 2. The van der Waals surface area contributed by atoms with Crippen LogP contribution in [-0.2, 0) is 0 Å². The minimum absolute atomic E-state index is 0.366. The predicted octanol–water partition coefficient (Wildman–Crippen LogP) is 11.4. The molecule has 0 N–H and O–H groups in total. The van der Waals surface area contributed by atoms with Crippen LogP contribution in [0.5, 0.6) is 0 Å². The van der Waals surface area contributed by atoms with E-state index in [0.29, 0.717) is 17.8 Å². The maximum Gasteiger partial charge on any atom is 0.00737 e. The highest BCUT2D eigenvalue weighted by Crippen LogP contribution is 2.50. The van der Waals surface area contributed by atoms with Gasteiger partial charge in [0.15, 0.2) is 0 Å². The molecular weight excluding hydrogens is 504 g/mol. The Kier molecular flexibility index (Phi) is 4.94. The van der Waals surface area contributed by atoms with Crippen molar-refractivity contribution in [2.45, 2.75) is 38.5 Å². The molecule has 2 unspecified atom stereocenters. The predicted molar refractivity (Wildman–Crippen MR) is 176 cm³/mol. The summed E-state index contributed by atoms with van der Waals surface area (Å²) in [5.41, 5.74) is 22.2. The fraction of sp³-hybridized carbons (Fsp3) is 0.143. The Morgan fingerprint density at radius 1 is 0.286 bits per heavy atom. The number of benzene rings is 6. The average molecular weight is 537 g/mol. The maximum absolute atomic E-state index is 2.45. The van der Waals surface area contributed by atoms with E-state index in [0.717, 1.165) is 0 Å². The smallest absolute Gasteiger partial charge is 0.00737 e. The lowest BCUT2D eigenvalue weighted by Crippen LogP contribution is -1.93. The van der Waals surface area contributed by atoms with Gasteiger partial charge in [0, 0.05) is 17.8 Å². The lowest BCUT2D eigenvalue weighted by molar-refractivity contribution is 0.954. The molecular formula is C42H32. The van der Waals surface area contributed by atoms with Crippen LogP contribution in [0.3, 0.4) is 0 Å². The highest BCUT2D eigenvalue weighted by atomic mass is 14.3. The molecule has 0 aromatic heterocycles. The van der Waals surface area contributed by atoms with Gasteiger partial charge in [-0.05, 0) is 113 Å². The Labute approximate surface area is 248 Å². The fourth-order valence-electron chi connectivity index (χ4n) is 8.13. The second-order valence-corrected chi connectivity index (χ2v) is 12.5. The number of fused-ring (bicyclic) bond motifs is 9. The molecule has 9 rings (SSSR count). The van der Waals surface area contributed by atoms with Crippen molar-refractivity contribution in [1.29, 1.82) is 0 Å². The molecule has 0 heterocycles. The minimum atomic E-state index is 0.366. The van der Waals surface area contributed by atoms with E-state index in [9.17, 15) is 0 Å². The van der Waals surface area contributed by atoms with Crippen LogP contribution in [0.25, 0.3) is 55.6 Å². The van der Waals surface area contributed by atoms with E-state index in [4.69, 9.17) is 0 Å². The zero-order valence-electron chi connectivity index (χ0n) is 24.3. The van der Waals surface area contributed by atoms with Crippen molar-refractivity contribution in [3.05, 3.63) is 155 Å². The molecule has 0 radical (unpaired) electrons. The molecule has 0 saturated heterocycles. The fourth-order valence-corrected chi connectivity index (χ4v) is 8.13. The topological polar surface area (TPSA) is 0 Å². The van der Waals surface area contributed by atoms with Gasteiger partial charge >= 0.3 is 0 Å². The normalized spacial score (nSPS) is 18.6. The largest absolute Gasteiger partial charge is 0.0619 e. The van der Waals surface area contributed by atoms with E-state index in [1.807, 2.05) is 0 Å². The van der Waals surface area contributed by atoms with Gasteiger partial charge in [0.05, 0.1) is 0 Å². The van der Waals surface area contributed by atoms with Crippen molar-refractivity contribution in [3.63, 3.8) is 0 Å². The zero-order valence-corrected chi connectivity index (χ0v) is 24.3. The third-order valence-electron chi connectivity index (χ3n) is 10.5. The molecule has 0 amide bonds. The van der Waals surface area contributed by atoms with Crippen LogP contribution >= 0.6 is 0 Å². The molecule has 2 atom stereocenters. The van der Waals surface area contributed by atoms with Gasteiger partial charge in [0.2, 0.25) is 0 Å². The third-order valence-corrected chi connectivity index (χ3v) is 10.5. The summed E-state index contributed by atoms with van der Waals surface area (Å²) in [5, 5.41) is 0. The average Bonchev–Trinajstić information content (AvgIpc) is 3.61. The summed E-state index contributed by atoms with van der Waals surface area (Å²) in [5.74, 6) is 1.23. The first-order chi connectivity index (χ1) is 20.6. The minimum Gasteiger partial charge on any atom is -0.0619 e. The standard InChI is InChI=1S/C42H32/c1-24-31-8-4-6-10-33(31)35-16-12-27(20-39(24)35)29-14-18-37-38-19-15-30(23-42(38)26(3)41(37)22-29)28-13-17-36-34-11-7-5-9-32(34)25(2)40(36)21-28/h4-26H,1-3H3. The Balaban J connectivity index is 1.06. The summed E-state index contributed by atoms with van der Waals surface area (Å²) in [6.45, 7) is 7.06. The molecule has 0 heteroatoms. The Morgan fingerprint density at radius 2 is 0.548 bits per heavy atom. The Bertz CT molecular complexity index is 1940. The van der Waals surface area contributed by atoms with Crippen molar-refractivity contribution >= 4 is 0 Å². The van der Waals surface area contributed by atoms with Crippen molar-refractivity contribution in [2.24, 2.45) is 0 Å². The molecule has 42 heavy (non-hydrogen) atoms. The second kappa shape index (κ2) is 8.66. The van der Waals surface area contributed by atoms with Gasteiger partial charge in [-0.15, -0.1) is 0 Å². The van der Waals surface area contributed by atoms with Gasteiger partial charge in [-0.25, -0.2) is 0 Å². The van der Waals surface area contributed by atoms with E-state index in [1.165, 1.54) is 89.0 Å². The summed E-state index contributed by atoms with van der Waals surface area (Å²) < 4.78 is 0. The molecule has 3 aliphatic rings. The van der Waals surface area contributed by atoms with E-state index < -0.39 is 0 Å². The highest BCUT2D eigenvalue weighted by molar-refractivity contribution is 5.87. The quantitative estimate of drug-likeness (QED) is 0.206. The van der Waals surface area contributed by atoms with Gasteiger partial charge in [0.25, 0.3) is 0 Å². The Morgan fingerprint density at radius 3 is 0.881 bits per heavy atom. The van der Waals surface area contributed by atoms with Gasteiger partial charge in [-0.2, -0.15) is 0 Å². The van der Waals surface area contributed by atoms with Gasteiger partial charge < -0.3 is 0 Å². The van der Waals surface area contributed by atoms with Crippen molar-refractivity contribution in [3.8, 4) is 55.6 Å². The van der Waals surface area contributed by atoms with Crippen LogP contribution in [-0.4, -0.2) is 0 Å². The summed E-state index contributed by atoms with van der Waals surface area (Å²) in [6, 6.07) is 46.1. The van der Waals surface area contributed by atoms with Crippen LogP contribution in [0.2, 0.25) is 0 Å². The number of hydrogen-bond acceptors (Lipinski definition) is 0. The molecule has 0 fully saturated rings. The summed E-state index contributed by atoms with van der Waals surface area (Å²) in [7, 11) is 0. The highest BCUT2D eigenvalue weighted by Gasteiger charge is 2.29. The molecule has 3 aliphatic carbocycles. The molecule has 6 aromatic carbocycles. The maximum atomic E-state index is 2.45. The lowest BCUT2D eigenvalue weighted by Gasteiger charge is -2.12. The molecule has 0 spiro atoms. The van der Waals surface area contributed by atoms with Crippen molar-refractivity contribution in [2.75, 3.05) is 0 Å². The van der Waals surface area contributed by atoms with Gasteiger partial charge in [-0.1, -0.05) is 118 Å². The first kappa shape index (κ1) is 24.0. The van der Waals surface area contributed by atoms with Gasteiger partial charge in [0.1, 0.15) is 0 Å². The zero-order chi connectivity index (χ0) is 28.1. The van der Waals surface area contributed by atoms with E-state index in [2.05, 4.69) is 142 Å². The van der Waals surface area contributed by atoms with Crippen LogP contribution in [0, 0.1) is 0 Å². The van der Waals surface area contributed by atoms with Crippen LogP contribution in [0.1, 0.15) is 71.9 Å². The monoisotopic (exact) mass is 536 g/mol. The second-order valence-electron chi connectivity index (χ2n) is 12.5. The Hall–Kier alpha value is -4.68. The lowest BCUT2D eigenvalue weighted by atomic mass is 9.91. The summed E-state index contributed by atoms with van der Waals surface area (Å²) >= 11 is 0. The van der Waals surface area contributed by atoms with E-state index in [-0.39, 0.29) is 0 Å². The molecule has 0 nitrogen and oxygen atoms in total. The van der Waals surface area contributed by atoms with Gasteiger partial charge in [-0.3, -0.25) is 0 Å². The molecule has 200 valence electrons. The number of hydrogen-bond donors (Lipinski definition) is 0. The molecule has 0 bridgehead atoms. The van der Waals surface area contributed by atoms with Crippen molar-refractivity contribution in [1.82, 2.24) is 0 Å². The van der Waals surface area contributed by atoms with Crippen molar-refractivity contribution < 1.29 is 0 Å². The summed E-state index contributed by atoms with van der Waals surface area (Å²) in [4.78, 5) is 0. The third kappa shape index (κ3) is 3.24. The van der Waals surface area contributed by atoms with Crippen LogP contribution < -0.4 is 0 Å². The van der Waals surface area contributed by atoms with Crippen LogP contribution in [0.4, 0.5) is 0 Å². The SMILES string of the molecule is CC1c2ccccc2-c2ccc(-c3ccc4c(c3)C(C)c3cc(-c5ccc6c(c5)C(C)c5ccccc5-6)ccc3-4)cc21. The van der Waals surface area contributed by atoms with Crippen LogP contribution in [0.15, 0.2) is 121 Å². The first-order valence-electron chi connectivity index (χ1n) is 15.3. The van der Waals surface area contributed by atoms with E-state index in [1.54, 1.807) is 0 Å². The summed E-state index contributed by atoms with van der Waals surface area (Å²) in [6.07, 6.45) is 0. The molecule has 0 aliphatic heterocycles. The molecule has 0 saturated carbocycles. The van der Waals surface area contributed by atoms with E-state index >= 15 is 0 Å².